The largest absolute Gasteiger partial charge is 0.497 e. The summed E-state index contributed by atoms with van der Waals surface area (Å²) < 4.78 is 16.2. The number of methoxy groups -OCH3 is 2. The first-order chi connectivity index (χ1) is 11.6. The van der Waals surface area contributed by atoms with Crippen LogP contribution in [0.15, 0.2) is 42.5 Å². The van der Waals surface area contributed by atoms with E-state index in [0.29, 0.717) is 29.4 Å². The third-order valence-electron chi connectivity index (χ3n) is 3.63. The van der Waals surface area contributed by atoms with Crippen LogP contribution in [0, 0.1) is 6.92 Å². The number of nitrogens with one attached hydrogen (secondary N) is 1. The molecular formula is C19H23NO4. The SMILES string of the molecule is CC[C@@H](Oc1ccc(C)cc1)C(=O)Nc1ccc(OC)cc1OC. The van der Waals surface area contributed by atoms with Crippen LogP contribution in [0.4, 0.5) is 5.69 Å². The highest BCUT2D eigenvalue weighted by Gasteiger charge is 2.20. The summed E-state index contributed by atoms with van der Waals surface area (Å²) in [4.78, 5) is 12.5. The molecule has 0 heterocycles. The van der Waals surface area contributed by atoms with Crippen LogP contribution in [0.3, 0.4) is 0 Å². The van der Waals surface area contributed by atoms with Crippen LogP contribution >= 0.6 is 0 Å². The minimum absolute atomic E-state index is 0.221. The average Bonchev–Trinajstić information content (AvgIpc) is 2.61. The minimum Gasteiger partial charge on any atom is -0.497 e. The van der Waals surface area contributed by atoms with E-state index in [1.807, 2.05) is 38.1 Å². The van der Waals surface area contributed by atoms with Gasteiger partial charge in [0.25, 0.3) is 5.91 Å². The van der Waals surface area contributed by atoms with Crippen molar-refractivity contribution in [2.45, 2.75) is 26.4 Å². The van der Waals surface area contributed by atoms with Crippen molar-refractivity contribution in [3.63, 3.8) is 0 Å². The van der Waals surface area contributed by atoms with Gasteiger partial charge < -0.3 is 19.5 Å². The molecule has 0 radical (unpaired) electrons. The summed E-state index contributed by atoms with van der Waals surface area (Å²) in [5.41, 5.74) is 1.72. The lowest BCUT2D eigenvalue weighted by molar-refractivity contribution is -0.122. The van der Waals surface area contributed by atoms with Crippen molar-refractivity contribution >= 4 is 11.6 Å². The highest BCUT2D eigenvalue weighted by atomic mass is 16.5. The van der Waals surface area contributed by atoms with Crippen LogP contribution in [0.2, 0.25) is 0 Å². The maximum atomic E-state index is 12.5. The number of hydrogen-bond donors (Lipinski definition) is 1. The highest BCUT2D eigenvalue weighted by Crippen LogP contribution is 2.29. The summed E-state index contributed by atoms with van der Waals surface area (Å²) in [5.74, 6) is 1.64. The Morgan fingerprint density at radius 1 is 1.04 bits per heavy atom. The molecule has 2 rings (SSSR count). The van der Waals surface area contributed by atoms with E-state index in [1.165, 1.54) is 0 Å². The Kier molecular flexibility index (Phi) is 6.07. The van der Waals surface area contributed by atoms with Crippen LogP contribution in [-0.4, -0.2) is 26.2 Å². The first-order valence-corrected chi connectivity index (χ1v) is 7.83. The van der Waals surface area contributed by atoms with Gasteiger partial charge >= 0.3 is 0 Å². The predicted octanol–water partition coefficient (Wildman–Crippen LogP) is 3.81. The second kappa shape index (κ2) is 8.24. The number of ether oxygens (including phenoxy) is 3. The second-order valence-electron chi connectivity index (χ2n) is 5.38. The Labute approximate surface area is 142 Å². The van der Waals surface area contributed by atoms with E-state index >= 15 is 0 Å². The molecule has 1 amide bonds. The fourth-order valence-electron chi connectivity index (χ4n) is 2.22. The highest BCUT2D eigenvalue weighted by molar-refractivity contribution is 5.95. The van der Waals surface area contributed by atoms with E-state index in [1.54, 1.807) is 32.4 Å². The quantitative estimate of drug-likeness (QED) is 0.839. The molecule has 0 aliphatic carbocycles. The van der Waals surface area contributed by atoms with Crippen LogP contribution in [0.1, 0.15) is 18.9 Å². The van der Waals surface area contributed by atoms with E-state index in [4.69, 9.17) is 14.2 Å². The summed E-state index contributed by atoms with van der Waals surface area (Å²) in [6.45, 7) is 3.91. The van der Waals surface area contributed by atoms with Gasteiger partial charge in [-0.05, 0) is 37.6 Å². The molecule has 0 saturated heterocycles. The van der Waals surface area contributed by atoms with Crippen molar-refractivity contribution in [1.29, 1.82) is 0 Å². The van der Waals surface area contributed by atoms with Crippen LogP contribution in [0.25, 0.3) is 0 Å². The lowest BCUT2D eigenvalue weighted by atomic mass is 10.2. The fraction of sp³-hybridized carbons (Fsp3) is 0.316. The number of anilines is 1. The molecule has 0 aromatic heterocycles. The van der Waals surface area contributed by atoms with Crippen LogP contribution < -0.4 is 19.5 Å². The normalized spacial score (nSPS) is 11.5. The molecule has 0 bridgehead atoms. The van der Waals surface area contributed by atoms with Gasteiger partial charge in [-0.2, -0.15) is 0 Å². The van der Waals surface area contributed by atoms with Gasteiger partial charge in [-0.25, -0.2) is 0 Å². The minimum atomic E-state index is -0.584. The van der Waals surface area contributed by atoms with Crippen molar-refractivity contribution in [3.8, 4) is 17.2 Å². The van der Waals surface area contributed by atoms with E-state index in [-0.39, 0.29) is 5.91 Å². The Morgan fingerprint density at radius 3 is 2.29 bits per heavy atom. The molecule has 0 saturated carbocycles. The van der Waals surface area contributed by atoms with Crippen LogP contribution in [-0.2, 0) is 4.79 Å². The zero-order valence-corrected chi connectivity index (χ0v) is 14.5. The number of carbonyl (C=O) groups is 1. The molecule has 0 unspecified atom stereocenters. The van der Waals surface area contributed by atoms with Crippen molar-refractivity contribution in [1.82, 2.24) is 0 Å². The molecule has 0 fully saturated rings. The fourth-order valence-corrected chi connectivity index (χ4v) is 2.22. The first-order valence-electron chi connectivity index (χ1n) is 7.83. The lowest BCUT2D eigenvalue weighted by Crippen LogP contribution is -2.32. The Bertz CT molecular complexity index is 682. The summed E-state index contributed by atoms with van der Waals surface area (Å²) in [5, 5.41) is 2.85. The van der Waals surface area contributed by atoms with Gasteiger partial charge in [-0.3, -0.25) is 4.79 Å². The van der Waals surface area contributed by atoms with Gasteiger partial charge in [0.2, 0.25) is 0 Å². The van der Waals surface area contributed by atoms with Gasteiger partial charge in [0.1, 0.15) is 17.2 Å². The van der Waals surface area contributed by atoms with E-state index in [2.05, 4.69) is 5.32 Å². The summed E-state index contributed by atoms with van der Waals surface area (Å²) >= 11 is 0. The van der Waals surface area contributed by atoms with E-state index in [9.17, 15) is 4.79 Å². The summed E-state index contributed by atoms with van der Waals surface area (Å²) in [7, 11) is 3.13. The summed E-state index contributed by atoms with van der Waals surface area (Å²) in [6, 6.07) is 12.9. The number of rotatable bonds is 7. The average molecular weight is 329 g/mol. The third kappa shape index (κ3) is 4.41. The van der Waals surface area contributed by atoms with Gasteiger partial charge in [-0.15, -0.1) is 0 Å². The maximum Gasteiger partial charge on any atom is 0.265 e. The van der Waals surface area contributed by atoms with Gasteiger partial charge in [-0.1, -0.05) is 24.6 Å². The number of amides is 1. The van der Waals surface area contributed by atoms with E-state index < -0.39 is 6.10 Å². The van der Waals surface area contributed by atoms with E-state index in [0.717, 1.165) is 5.56 Å². The predicted molar refractivity (Wildman–Crippen MR) is 94.1 cm³/mol. The van der Waals surface area contributed by atoms with Crippen LogP contribution in [0.5, 0.6) is 17.2 Å². The number of carbonyl (C=O) groups excluding carboxylic acids is 1. The first kappa shape index (κ1) is 17.7. The molecule has 0 aliphatic heterocycles. The zero-order chi connectivity index (χ0) is 17.5. The summed E-state index contributed by atoms with van der Waals surface area (Å²) in [6.07, 6.45) is -0.0300. The topological polar surface area (TPSA) is 56.8 Å². The molecule has 24 heavy (non-hydrogen) atoms. The van der Waals surface area contributed by atoms with Crippen molar-refractivity contribution < 1.29 is 19.0 Å². The molecule has 5 nitrogen and oxygen atoms in total. The molecule has 0 aliphatic rings. The Hall–Kier alpha value is -2.69. The molecule has 5 heteroatoms. The molecule has 2 aromatic rings. The van der Waals surface area contributed by atoms with Gasteiger partial charge in [0.05, 0.1) is 19.9 Å². The van der Waals surface area contributed by atoms with Crippen molar-refractivity contribution in [2.75, 3.05) is 19.5 Å². The number of aryl methyl sites for hydroxylation is 1. The monoisotopic (exact) mass is 329 g/mol. The standard InChI is InChI=1S/C19H23NO4/c1-5-17(24-14-8-6-13(2)7-9-14)19(21)20-16-11-10-15(22-3)12-18(16)23-4/h6-12,17H,5H2,1-4H3,(H,20,21)/t17-/m1/s1. The molecule has 2 aromatic carbocycles. The van der Waals surface area contributed by atoms with Crippen molar-refractivity contribution in [2.24, 2.45) is 0 Å². The third-order valence-corrected chi connectivity index (χ3v) is 3.63. The Balaban J connectivity index is 2.10. The molecule has 1 atom stereocenters. The molecule has 128 valence electrons. The molecular weight excluding hydrogens is 306 g/mol. The van der Waals surface area contributed by atoms with Gasteiger partial charge in [0, 0.05) is 6.07 Å². The second-order valence-corrected chi connectivity index (χ2v) is 5.38. The smallest absolute Gasteiger partial charge is 0.265 e. The number of hydrogen-bond acceptors (Lipinski definition) is 4. The van der Waals surface area contributed by atoms with Gasteiger partial charge in [0.15, 0.2) is 6.10 Å². The lowest BCUT2D eigenvalue weighted by Gasteiger charge is -2.18. The molecule has 1 N–H and O–H groups in total. The van der Waals surface area contributed by atoms with Crippen molar-refractivity contribution in [3.05, 3.63) is 48.0 Å². The Morgan fingerprint density at radius 2 is 1.71 bits per heavy atom. The zero-order valence-electron chi connectivity index (χ0n) is 14.5. The molecule has 0 spiro atoms. The number of benzene rings is 2. The maximum absolute atomic E-state index is 12.5.